The molecule has 13 heavy (non-hydrogen) atoms. The van der Waals surface area contributed by atoms with Gasteiger partial charge in [0.1, 0.15) is 5.25 Å². The summed E-state index contributed by atoms with van der Waals surface area (Å²) in [6, 6.07) is 0. The first-order valence-corrected chi connectivity index (χ1v) is 6.98. The van der Waals surface area contributed by atoms with Gasteiger partial charge in [-0.25, -0.2) is 8.42 Å². The van der Waals surface area contributed by atoms with Gasteiger partial charge in [0.2, 0.25) is 9.05 Å². The van der Waals surface area contributed by atoms with Crippen molar-refractivity contribution in [2.45, 2.75) is 44.0 Å². The number of ether oxygens (including phenoxy) is 1. The zero-order valence-corrected chi connectivity index (χ0v) is 9.27. The average Bonchev–Trinajstić information content (AvgIpc) is 2.04. The van der Waals surface area contributed by atoms with Gasteiger partial charge in [-0.1, -0.05) is 12.8 Å². The summed E-state index contributed by atoms with van der Waals surface area (Å²) in [5, 5.41) is -0.497. The third-order valence-corrected chi connectivity index (χ3v) is 4.33. The van der Waals surface area contributed by atoms with Crippen LogP contribution >= 0.6 is 10.7 Å². The van der Waals surface area contributed by atoms with Crippen LogP contribution in [0, 0.1) is 0 Å². The summed E-state index contributed by atoms with van der Waals surface area (Å²) in [4.78, 5) is 0. The minimum Gasteiger partial charge on any atom is -0.377 e. The van der Waals surface area contributed by atoms with Crippen molar-refractivity contribution in [3.8, 4) is 0 Å². The Hall–Kier alpha value is 0.200. The summed E-state index contributed by atoms with van der Waals surface area (Å²) in [5.41, 5.74) is 0. The molecule has 1 aliphatic carbocycles. The van der Waals surface area contributed by atoms with Gasteiger partial charge in [0.15, 0.2) is 0 Å². The lowest BCUT2D eigenvalue weighted by Crippen LogP contribution is -2.36. The van der Waals surface area contributed by atoms with Crippen LogP contribution in [-0.4, -0.2) is 26.4 Å². The second-order valence-corrected chi connectivity index (χ2v) is 6.14. The van der Waals surface area contributed by atoms with Gasteiger partial charge in [-0.3, -0.25) is 0 Å². The molecule has 0 aromatic rings. The van der Waals surface area contributed by atoms with Crippen molar-refractivity contribution in [3.63, 3.8) is 0 Å². The Labute approximate surface area is 83.8 Å². The molecule has 1 aliphatic rings. The molecular weight excluding hydrogens is 212 g/mol. The molecule has 0 aromatic carbocycles. The first-order valence-electron chi connectivity index (χ1n) is 4.60. The summed E-state index contributed by atoms with van der Waals surface area (Å²) in [5.74, 6) is 0. The van der Waals surface area contributed by atoms with E-state index in [4.69, 9.17) is 15.4 Å². The second kappa shape index (κ2) is 4.62. The van der Waals surface area contributed by atoms with E-state index in [1.807, 2.05) is 6.92 Å². The van der Waals surface area contributed by atoms with Gasteiger partial charge in [-0.05, 0) is 19.8 Å². The lowest BCUT2D eigenvalue weighted by atomic mass is 9.97. The van der Waals surface area contributed by atoms with Crippen LogP contribution in [0.1, 0.15) is 32.6 Å². The third-order valence-electron chi connectivity index (χ3n) is 2.38. The molecule has 0 N–H and O–H groups in total. The molecule has 78 valence electrons. The van der Waals surface area contributed by atoms with Crippen LogP contribution in [0.25, 0.3) is 0 Å². The molecule has 0 bridgehead atoms. The van der Waals surface area contributed by atoms with Crippen LogP contribution in [0.15, 0.2) is 0 Å². The number of rotatable bonds is 3. The maximum Gasteiger partial charge on any atom is 0.238 e. The van der Waals surface area contributed by atoms with Gasteiger partial charge in [0, 0.05) is 17.3 Å². The van der Waals surface area contributed by atoms with Crippen LogP contribution in [0.4, 0.5) is 0 Å². The van der Waals surface area contributed by atoms with Gasteiger partial charge < -0.3 is 4.74 Å². The van der Waals surface area contributed by atoms with E-state index in [1.54, 1.807) is 0 Å². The summed E-state index contributed by atoms with van der Waals surface area (Å²) < 4.78 is 27.7. The zero-order valence-electron chi connectivity index (χ0n) is 7.70. The fourth-order valence-electron chi connectivity index (χ4n) is 1.79. The molecule has 2 atom stereocenters. The molecule has 1 rings (SSSR count). The molecule has 1 saturated carbocycles. The van der Waals surface area contributed by atoms with Crippen molar-refractivity contribution in [2.75, 3.05) is 6.61 Å². The fourth-order valence-corrected chi connectivity index (χ4v) is 3.43. The average molecular weight is 227 g/mol. The van der Waals surface area contributed by atoms with Gasteiger partial charge in [0.05, 0.1) is 6.10 Å². The monoisotopic (exact) mass is 226 g/mol. The summed E-state index contributed by atoms with van der Waals surface area (Å²) >= 11 is 0. The molecule has 1 fully saturated rings. The minimum absolute atomic E-state index is 0.193. The van der Waals surface area contributed by atoms with Crippen LogP contribution in [0.2, 0.25) is 0 Å². The van der Waals surface area contributed by atoms with Crippen molar-refractivity contribution < 1.29 is 13.2 Å². The zero-order chi connectivity index (χ0) is 9.90. The number of halogens is 1. The van der Waals surface area contributed by atoms with E-state index < -0.39 is 14.3 Å². The lowest BCUT2D eigenvalue weighted by Gasteiger charge is -2.28. The first-order chi connectivity index (χ1) is 6.05. The molecule has 0 radical (unpaired) electrons. The normalized spacial score (nSPS) is 30.3. The van der Waals surface area contributed by atoms with Gasteiger partial charge in [-0.2, -0.15) is 0 Å². The SMILES string of the molecule is CCO[C@H]1CCCC[C@H]1S(=O)(=O)Cl. The van der Waals surface area contributed by atoms with Gasteiger partial charge >= 0.3 is 0 Å². The quantitative estimate of drug-likeness (QED) is 0.691. The van der Waals surface area contributed by atoms with Gasteiger partial charge in [0.25, 0.3) is 0 Å². The highest BCUT2D eigenvalue weighted by Gasteiger charge is 2.34. The predicted molar refractivity (Wildman–Crippen MR) is 52.4 cm³/mol. The highest BCUT2D eigenvalue weighted by Crippen LogP contribution is 2.28. The number of hydrogen-bond donors (Lipinski definition) is 0. The van der Waals surface area contributed by atoms with E-state index in [-0.39, 0.29) is 6.10 Å². The van der Waals surface area contributed by atoms with Crippen LogP contribution < -0.4 is 0 Å². The maximum absolute atomic E-state index is 11.2. The number of hydrogen-bond acceptors (Lipinski definition) is 3. The first kappa shape index (κ1) is 11.3. The van der Waals surface area contributed by atoms with E-state index in [0.717, 1.165) is 19.3 Å². The molecule has 0 aliphatic heterocycles. The van der Waals surface area contributed by atoms with E-state index in [2.05, 4.69) is 0 Å². The third kappa shape index (κ3) is 3.11. The molecule has 3 nitrogen and oxygen atoms in total. The van der Waals surface area contributed by atoms with Crippen molar-refractivity contribution in [1.82, 2.24) is 0 Å². The van der Waals surface area contributed by atoms with Crippen molar-refractivity contribution in [3.05, 3.63) is 0 Å². The fraction of sp³-hybridized carbons (Fsp3) is 1.00. The van der Waals surface area contributed by atoms with Crippen molar-refractivity contribution >= 4 is 19.7 Å². The Kier molecular flexibility index (Phi) is 4.01. The van der Waals surface area contributed by atoms with Crippen molar-refractivity contribution in [2.24, 2.45) is 0 Å². The van der Waals surface area contributed by atoms with Crippen molar-refractivity contribution in [1.29, 1.82) is 0 Å². The minimum atomic E-state index is -3.45. The van der Waals surface area contributed by atoms with Gasteiger partial charge in [-0.15, -0.1) is 0 Å². The highest BCUT2D eigenvalue weighted by molar-refractivity contribution is 8.14. The summed E-state index contributed by atoms with van der Waals surface area (Å²) in [7, 11) is 1.88. The molecule has 0 unspecified atom stereocenters. The molecule has 0 spiro atoms. The largest absolute Gasteiger partial charge is 0.377 e. The van der Waals surface area contributed by atoms with E-state index in [0.29, 0.717) is 13.0 Å². The maximum atomic E-state index is 11.2. The Morgan fingerprint density at radius 1 is 1.38 bits per heavy atom. The molecule has 0 saturated heterocycles. The summed E-state index contributed by atoms with van der Waals surface area (Å²) in [6.45, 7) is 2.42. The summed E-state index contributed by atoms with van der Waals surface area (Å²) in [6.07, 6.45) is 3.22. The Balaban J connectivity index is 2.67. The topological polar surface area (TPSA) is 43.4 Å². The van der Waals surface area contributed by atoms with E-state index >= 15 is 0 Å². The molecule has 0 amide bonds. The molecule has 0 heterocycles. The Bertz CT molecular complexity index is 248. The molecule has 5 heteroatoms. The lowest BCUT2D eigenvalue weighted by molar-refractivity contribution is 0.0399. The highest BCUT2D eigenvalue weighted by atomic mass is 35.7. The standard InChI is InChI=1S/C8H15ClO3S/c1-2-12-7-5-3-4-6-8(7)13(9,10)11/h7-8H,2-6H2,1H3/t7-,8+/m0/s1. The van der Waals surface area contributed by atoms with Crippen LogP contribution in [0.3, 0.4) is 0 Å². The van der Waals surface area contributed by atoms with Crippen LogP contribution in [0.5, 0.6) is 0 Å². The Morgan fingerprint density at radius 3 is 2.54 bits per heavy atom. The van der Waals surface area contributed by atoms with E-state index in [1.165, 1.54) is 0 Å². The second-order valence-electron chi connectivity index (χ2n) is 3.29. The molecular formula is C8H15ClO3S. The smallest absolute Gasteiger partial charge is 0.238 e. The van der Waals surface area contributed by atoms with E-state index in [9.17, 15) is 8.42 Å². The Morgan fingerprint density at radius 2 is 2.00 bits per heavy atom. The predicted octanol–water partition coefficient (Wildman–Crippen LogP) is 1.90. The van der Waals surface area contributed by atoms with Crippen LogP contribution in [-0.2, 0) is 13.8 Å². The molecule has 0 aromatic heterocycles.